The Labute approximate surface area is 121 Å². The van der Waals surface area contributed by atoms with Crippen molar-refractivity contribution in [2.75, 3.05) is 26.8 Å². The highest BCUT2D eigenvalue weighted by Crippen LogP contribution is 2.31. The molecule has 1 aromatic carbocycles. The number of carbonyl (C=O) groups excluding carboxylic acids is 1. The van der Waals surface area contributed by atoms with Crippen molar-refractivity contribution in [1.29, 1.82) is 0 Å². The minimum absolute atomic E-state index is 0.0705. The molecule has 0 atom stereocenters. The number of halogens is 3. The Hall–Kier alpha value is -1.60. The van der Waals surface area contributed by atoms with E-state index in [4.69, 9.17) is 4.74 Å². The van der Waals surface area contributed by atoms with Crippen molar-refractivity contribution >= 4 is 5.91 Å². The summed E-state index contributed by atoms with van der Waals surface area (Å²) < 4.78 is 43.0. The molecule has 0 saturated carbocycles. The number of benzene rings is 1. The second-order valence-corrected chi connectivity index (χ2v) is 4.42. The molecule has 2 N–H and O–H groups in total. The van der Waals surface area contributed by atoms with Crippen molar-refractivity contribution in [1.82, 2.24) is 10.6 Å². The molecule has 4 nitrogen and oxygen atoms in total. The lowest BCUT2D eigenvalue weighted by molar-refractivity contribution is -0.138. The maximum absolute atomic E-state index is 12.8. The Kier molecular flexibility index (Phi) is 7.18. The van der Waals surface area contributed by atoms with Gasteiger partial charge in [-0.05, 0) is 11.6 Å². The van der Waals surface area contributed by atoms with E-state index in [0.717, 1.165) is 6.07 Å². The van der Waals surface area contributed by atoms with E-state index in [-0.39, 0.29) is 24.4 Å². The monoisotopic (exact) mass is 304 g/mol. The molecule has 0 fully saturated rings. The van der Waals surface area contributed by atoms with Crippen molar-refractivity contribution in [2.45, 2.75) is 19.1 Å². The van der Waals surface area contributed by atoms with Crippen molar-refractivity contribution in [3.63, 3.8) is 0 Å². The van der Waals surface area contributed by atoms with Crippen LogP contribution in [0.25, 0.3) is 0 Å². The predicted octanol–water partition coefficient (Wildman–Crippen LogP) is 1.95. The number of amides is 1. The number of alkyl halides is 3. The fourth-order valence-corrected chi connectivity index (χ4v) is 1.76. The molecule has 0 heterocycles. The zero-order valence-corrected chi connectivity index (χ0v) is 11.8. The Morgan fingerprint density at radius 1 is 1.24 bits per heavy atom. The summed E-state index contributed by atoms with van der Waals surface area (Å²) in [5.41, 5.74) is -0.480. The first-order valence-corrected chi connectivity index (χ1v) is 6.56. The first-order chi connectivity index (χ1) is 9.95. The van der Waals surface area contributed by atoms with E-state index in [2.05, 4.69) is 10.6 Å². The van der Waals surface area contributed by atoms with Crippen LogP contribution in [-0.2, 0) is 22.3 Å². The van der Waals surface area contributed by atoms with Crippen LogP contribution >= 0.6 is 0 Å². The van der Waals surface area contributed by atoms with Gasteiger partial charge in [-0.3, -0.25) is 4.79 Å². The van der Waals surface area contributed by atoms with E-state index in [1.165, 1.54) is 19.2 Å². The zero-order chi connectivity index (χ0) is 15.7. The lowest BCUT2D eigenvalue weighted by atomic mass is 10.1. The maximum atomic E-state index is 12.8. The molecule has 0 aromatic heterocycles. The minimum Gasteiger partial charge on any atom is -0.383 e. The van der Waals surface area contributed by atoms with Gasteiger partial charge in [0.25, 0.3) is 0 Å². The van der Waals surface area contributed by atoms with Crippen LogP contribution in [0.4, 0.5) is 13.2 Å². The molecule has 0 aliphatic rings. The second kappa shape index (κ2) is 8.63. The minimum atomic E-state index is -4.37. The van der Waals surface area contributed by atoms with Gasteiger partial charge in [0, 0.05) is 33.2 Å². The van der Waals surface area contributed by atoms with Crippen LogP contribution in [0, 0.1) is 0 Å². The molecule has 1 rings (SSSR count). The van der Waals surface area contributed by atoms with Crippen molar-refractivity contribution in [3.8, 4) is 0 Å². The van der Waals surface area contributed by atoms with Gasteiger partial charge in [0.05, 0.1) is 12.2 Å². The molecule has 118 valence electrons. The van der Waals surface area contributed by atoms with Crippen LogP contribution in [-0.4, -0.2) is 32.7 Å². The maximum Gasteiger partial charge on any atom is 0.416 e. The van der Waals surface area contributed by atoms with Crippen LogP contribution in [0.2, 0.25) is 0 Å². The normalized spacial score (nSPS) is 11.4. The van der Waals surface area contributed by atoms with Crippen LogP contribution in [0.1, 0.15) is 17.5 Å². The third-order valence-corrected chi connectivity index (χ3v) is 2.80. The summed E-state index contributed by atoms with van der Waals surface area (Å²) in [6.07, 6.45) is -4.16. The van der Waals surface area contributed by atoms with E-state index in [9.17, 15) is 18.0 Å². The zero-order valence-electron chi connectivity index (χ0n) is 11.8. The highest BCUT2D eigenvalue weighted by atomic mass is 19.4. The highest BCUT2D eigenvalue weighted by Gasteiger charge is 2.32. The van der Waals surface area contributed by atoms with E-state index < -0.39 is 11.7 Å². The SMILES string of the molecule is COCCNC(=O)CCNCc1ccccc1C(F)(F)F. The number of hydrogen-bond acceptors (Lipinski definition) is 3. The highest BCUT2D eigenvalue weighted by molar-refractivity contribution is 5.76. The number of nitrogens with one attached hydrogen (secondary N) is 2. The Bertz CT molecular complexity index is 450. The Morgan fingerprint density at radius 2 is 1.95 bits per heavy atom. The van der Waals surface area contributed by atoms with Crippen LogP contribution in [0.15, 0.2) is 24.3 Å². The molecule has 0 bridgehead atoms. The molecule has 0 aliphatic carbocycles. The van der Waals surface area contributed by atoms with Gasteiger partial charge in [0.15, 0.2) is 0 Å². The molecular formula is C14H19F3N2O2. The van der Waals surface area contributed by atoms with Gasteiger partial charge in [0.1, 0.15) is 0 Å². The molecule has 1 amide bonds. The first kappa shape index (κ1) is 17.5. The van der Waals surface area contributed by atoms with Gasteiger partial charge in [-0.15, -0.1) is 0 Å². The Balaban J connectivity index is 2.35. The molecule has 1 aromatic rings. The summed E-state index contributed by atoms with van der Waals surface area (Å²) in [6, 6.07) is 5.39. The average Bonchev–Trinajstić information content (AvgIpc) is 2.43. The predicted molar refractivity (Wildman–Crippen MR) is 72.7 cm³/mol. The van der Waals surface area contributed by atoms with Crippen molar-refractivity contribution in [3.05, 3.63) is 35.4 Å². The third-order valence-electron chi connectivity index (χ3n) is 2.80. The van der Waals surface area contributed by atoms with E-state index in [1.54, 1.807) is 6.07 Å². The van der Waals surface area contributed by atoms with E-state index in [0.29, 0.717) is 19.7 Å². The summed E-state index contributed by atoms with van der Waals surface area (Å²) in [4.78, 5) is 11.4. The fourth-order valence-electron chi connectivity index (χ4n) is 1.76. The molecular weight excluding hydrogens is 285 g/mol. The van der Waals surface area contributed by atoms with Crippen LogP contribution < -0.4 is 10.6 Å². The number of methoxy groups -OCH3 is 1. The topological polar surface area (TPSA) is 50.4 Å². The average molecular weight is 304 g/mol. The molecule has 0 aliphatic heterocycles. The van der Waals surface area contributed by atoms with Crippen molar-refractivity contribution < 1.29 is 22.7 Å². The van der Waals surface area contributed by atoms with Gasteiger partial charge in [-0.2, -0.15) is 13.2 Å². The van der Waals surface area contributed by atoms with Gasteiger partial charge >= 0.3 is 6.18 Å². The number of ether oxygens (including phenoxy) is 1. The molecule has 0 saturated heterocycles. The van der Waals surface area contributed by atoms with Gasteiger partial charge in [-0.25, -0.2) is 0 Å². The molecule has 0 spiro atoms. The summed E-state index contributed by atoms with van der Waals surface area (Å²) in [5.74, 6) is -0.163. The largest absolute Gasteiger partial charge is 0.416 e. The smallest absolute Gasteiger partial charge is 0.383 e. The number of rotatable bonds is 8. The van der Waals surface area contributed by atoms with E-state index in [1.807, 2.05) is 0 Å². The number of hydrogen-bond donors (Lipinski definition) is 2. The quantitative estimate of drug-likeness (QED) is 0.722. The number of carbonyl (C=O) groups is 1. The van der Waals surface area contributed by atoms with Crippen LogP contribution in [0.3, 0.4) is 0 Å². The lowest BCUT2D eigenvalue weighted by Crippen LogP contribution is -2.30. The third kappa shape index (κ3) is 6.59. The Morgan fingerprint density at radius 3 is 2.62 bits per heavy atom. The van der Waals surface area contributed by atoms with E-state index >= 15 is 0 Å². The van der Waals surface area contributed by atoms with Gasteiger partial charge < -0.3 is 15.4 Å². The molecule has 7 heteroatoms. The standard InChI is InChI=1S/C14H19F3N2O2/c1-21-9-8-19-13(20)6-7-18-10-11-4-2-3-5-12(11)14(15,16)17/h2-5,18H,6-10H2,1H3,(H,19,20). The fraction of sp³-hybridized carbons (Fsp3) is 0.500. The summed E-state index contributed by atoms with van der Waals surface area (Å²) in [7, 11) is 1.53. The lowest BCUT2D eigenvalue weighted by Gasteiger charge is -2.13. The summed E-state index contributed by atoms with van der Waals surface area (Å²) in [6.45, 7) is 1.23. The molecule has 0 unspecified atom stereocenters. The summed E-state index contributed by atoms with van der Waals surface area (Å²) in [5, 5.41) is 5.48. The van der Waals surface area contributed by atoms with Crippen LogP contribution in [0.5, 0.6) is 0 Å². The molecule has 21 heavy (non-hydrogen) atoms. The first-order valence-electron chi connectivity index (χ1n) is 6.56. The van der Waals surface area contributed by atoms with Gasteiger partial charge in [0.2, 0.25) is 5.91 Å². The van der Waals surface area contributed by atoms with Gasteiger partial charge in [-0.1, -0.05) is 18.2 Å². The molecule has 0 radical (unpaired) electrons. The summed E-state index contributed by atoms with van der Waals surface area (Å²) >= 11 is 0. The second-order valence-electron chi connectivity index (χ2n) is 4.42. The van der Waals surface area contributed by atoms with Crippen molar-refractivity contribution in [2.24, 2.45) is 0 Å².